The van der Waals surface area contributed by atoms with Gasteiger partial charge in [0.25, 0.3) is 5.91 Å². The quantitative estimate of drug-likeness (QED) is 0.841. The molecule has 0 unspecified atom stereocenters. The van der Waals surface area contributed by atoms with E-state index in [-0.39, 0.29) is 23.0 Å². The van der Waals surface area contributed by atoms with Crippen LogP contribution in [0.15, 0.2) is 42.5 Å². The molecule has 0 saturated heterocycles. The van der Waals surface area contributed by atoms with Gasteiger partial charge in [0, 0.05) is 10.6 Å². The Morgan fingerprint density at radius 1 is 1.13 bits per heavy atom. The molecule has 2 atom stereocenters. The molecule has 0 heterocycles. The highest BCUT2D eigenvalue weighted by molar-refractivity contribution is 6.33. The van der Waals surface area contributed by atoms with Crippen LogP contribution in [0.25, 0.3) is 0 Å². The van der Waals surface area contributed by atoms with Gasteiger partial charge in [0.15, 0.2) is 6.04 Å². The molecule has 1 amide bonds. The van der Waals surface area contributed by atoms with Gasteiger partial charge in [-0.25, -0.2) is 4.39 Å². The Labute approximate surface area is 144 Å². The summed E-state index contributed by atoms with van der Waals surface area (Å²) < 4.78 is 13.0. The summed E-state index contributed by atoms with van der Waals surface area (Å²) in [4.78, 5) is 12.3. The van der Waals surface area contributed by atoms with Crippen LogP contribution in [0.2, 0.25) is 10.0 Å². The molecular weight excluding hydrogens is 338 g/mol. The van der Waals surface area contributed by atoms with Gasteiger partial charge in [-0.05, 0) is 38.1 Å². The van der Waals surface area contributed by atoms with Crippen molar-refractivity contribution in [1.82, 2.24) is 0 Å². The van der Waals surface area contributed by atoms with E-state index in [4.69, 9.17) is 23.2 Å². The van der Waals surface area contributed by atoms with Crippen LogP contribution in [0, 0.1) is 5.82 Å². The second-order valence-electron chi connectivity index (χ2n) is 5.40. The van der Waals surface area contributed by atoms with E-state index in [0.717, 1.165) is 11.6 Å². The first kappa shape index (κ1) is 17.7. The minimum atomic E-state index is -0.444. The molecule has 0 spiro atoms. The molecule has 2 aromatic rings. The fourth-order valence-corrected chi connectivity index (χ4v) is 2.83. The molecule has 0 saturated carbocycles. The first-order valence-corrected chi connectivity index (χ1v) is 7.99. The summed E-state index contributed by atoms with van der Waals surface area (Å²) in [5.74, 6) is -0.655. The van der Waals surface area contributed by atoms with Crippen molar-refractivity contribution < 1.29 is 14.5 Å². The second-order valence-corrected chi connectivity index (χ2v) is 6.22. The number of anilines is 1. The molecule has 0 radical (unpaired) electrons. The van der Waals surface area contributed by atoms with E-state index in [2.05, 4.69) is 5.32 Å². The monoisotopic (exact) mass is 355 g/mol. The van der Waals surface area contributed by atoms with Gasteiger partial charge in [0.2, 0.25) is 0 Å². The lowest BCUT2D eigenvalue weighted by molar-refractivity contribution is -0.709. The lowest BCUT2D eigenvalue weighted by atomic mass is 10.1. The Hall–Kier alpha value is -1.62. The summed E-state index contributed by atoms with van der Waals surface area (Å²) in [6.07, 6.45) is 0. The number of nitrogens with one attached hydrogen (secondary N) is 1. The van der Waals surface area contributed by atoms with Crippen LogP contribution in [-0.2, 0) is 4.79 Å². The molecule has 0 bridgehead atoms. The average molecular weight is 356 g/mol. The van der Waals surface area contributed by atoms with Crippen LogP contribution in [0.3, 0.4) is 0 Å². The largest absolute Gasteiger partial charge is 0.330 e. The number of amides is 1. The number of benzene rings is 2. The maximum atomic E-state index is 13.0. The Balaban J connectivity index is 2.01. The van der Waals surface area contributed by atoms with Crippen molar-refractivity contribution in [2.75, 3.05) is 5.32 Å². The van der Waals surface area contributed by atoms with Crippen LogP contribution >= 0.6 is 23.2 Å². The summed E-state index contributed by atoms with van der Waals surface area (Å²) in [6.45, 7) is 3.77. The topological polar surface area (TPSA) is 45.7 Å². The van der Waals surface area contributed by atoms with E-state index in [0.29, 0.717) is 10.7 Å². The van der Waals surface area contributed by atoms with Crippen LogP contribution < -0.4 is 10.6 Å². The van der Waals surface area contributed by atoms with Gasteiger partial charge in [0.05, 0.1) is 10.7 Å². The number of nitrogens with two attached hydrogens (primary N) is 1. The van der Waals surface area contributed by atoms with Crippen molar-refractivity contribution in [2.24, 2.45) is 0 Å². The number of hydrogen-bond donors (Lipinski definition) is 2. The van der Waals surface area contributed by atoms with Crippen molar-refractivity contribution in [3.8, 4) is 0 Å². The zero-order chi connectivity index (χ0) is 17.0. The SMILES string of the molecule is C[C@@H]([NH2+][C@H](C)c1ccccc1Cl)C(=O)Nc1ccc(F)cc1Cl. The lowest BCUT2D eigenvalue weighted by Crippen LogP contribution is -2.91. The standard InChI is InChI=1S/C17H17Cl2FN2O/c1-10(13-5-3-4-6-14(13)18)21-11(2)17(23)22-16-8-7-12(20)9-15(16)19/h3-11,21H,1-2H3,(H,22,23)/p+1/t10-,11-/m1/s1. The molecule has 2 aromatic carbocycles. The molecular formula is C17H18Cl2FN2O+. The van der Waals surface area contributed by atoms with E-state index in [1.54, 1.807) is 6.92 Å². The van der Waals surface area contributed by atoms with Crippen molar-refractivity contribution >= 4 is 34.8 Å². The van der Waals surface area contributed by atoms with E-state index in [1.165, 1.54) is 12.1 Å². The van der Waals surface area contributed by atoms with Gasteiger partial charge >= 0.3 is 0 Å². The molecule has 0 aliphatic rings. The third-order valence-corrected chi connectivity index (χ3v) is 4.23. The Bertz CT molecular complexity index is 709. The van der Waals surface area contributed by atoms with E-state index >= 15 is 0 Å². The third kappa shape index (κ3) is 4.67. The predicted molar refractivity (Wildman–Crippen MR) is 91.3 cm³/mol. The van der Waals surface area contributed by atoms with Gasteiger partial charge in [-0.3, -0.25) is 4.79 Å². The van der Waals surface area contributed by atoms with Gasteiger partial charge in [0.1, 0.15) is 11.9 Å². The summed E-state index contributed by atoms with van der Waals surface area (Å²) in [7, 11) is 0. The number of carbonyl (C=O) groups excluding carboxylic acids is 1. The number of rotatable bonds is 5. The molecule has 0 aliphatic heterocycles. The van der Waals surface area contributed by atoms with Gasteiger partial charge in [-0.2, -0.15) is 0 Å². The Morgan fingerprint density at radius 3 is 2.48 bits per heavy atom. The van der Waals surface area contributed by atoms with Crippen LogP contribution in [-0.4, -0.2) is 11.9 Å². The molecule has 0 aliphatic carbocycles. The predicted octanol–water partition coefficient (Wildman–Crippen LogP) is 3.78. The second kappa shape index (κ2) is 7.77. The van der Waals surface area contributed by atoms with Crippen molar-refractivity contribution in [2.45, 2.75) is 25.9 Å². The maximum absolute atomic E-state index is 13.0. The Kier molecular flexibility index (Phi) is 5.99. The van der Waals surface area contributed by atoms with Gasteiger partial charge < -0.3 is 10.6 Å². The highest BCUT2D eigenvalue weighted by Gasteiger charge is 2.22. The highest BCUT2D eigenvalue weighted by atomic mass is 35.5. The Morgan fingerprint density at radius 2 is 1.83 bits per heavy atom. The van der Waals surface area contributed by atoms with Crippen LogP contribution in [0.5, 0.6) is 0 Å². The number of halogens is 3. The fourth-order valence-electron chi connectivity index (χ4n) is 2.31. The third-order valence-electron chi connectivity index (χ3n) is 3.58. The van der Waals surface area contributed by atoms with Gasteiger partial charge in [-0.1, -0.05) is 41.4 Å². The average Bonchev–Trinajstić information content (AvgIpc) is 2.50. The molecule has 6 heteroatoms. The molecule has 122 valence electrons. The summed E-state index contributed by atoms with van der Waals surface area (Å²) in [5.41, 5.74) is 1.36. The van der Waals surface area contributed by atoms with Gasteiger partial charge in [-0.15, -0.1) is 0 Å². The maximum Gasteiger partial charge on any atom is 0.282 e. The zero-order valence-electron chi connectivity index (χ0n) is 12.8. The van der Waals surface area contributed by atoms with Crippen LogP contribution in [0.1, 0.15) is 25.5 Å². The number of hydrogen-bond acceptors (Lipinski definition) is 1. The molecule has 0 fully saturated rings. The minimum Gasteiger partial charge on any atom is -0.330 e. The van der Waals surface area contributed by atoms with E-state index < -0.39 is 5.82 Å². The fraction of sp³-hybridized carbons (Fsp3) is 0.235. The summed E-state index contributed by atoms with van der Waals surface area (Å²) in [6, 6.07) is 11.1. The summed E-state index contributed by atoms with van der Waals surface area (Å²) in [5, 5.41) is 5.46. The number of quaternary nitrogens is 1. The molecule has 23 heavy (non-hydrogen) atoms. The minimum absolute atomic E-state index is 0.0214. The van der Waals surface area contributed by atoms with E-state index in [9.17, 15) is 9.18 Å². The molecule has 3 nitrogen and oxygen atoms in total. The first-order valence-electron chi connectivity index (χ1n) is 7.24. The van der Waals surface area contributed by atoms with Crippen LogP contribution in [0.4, 0.5) is 10.1 Å². The normalized spacial score (nSPS) is 13.4. The first-order chi connectivity index (χ1) is 10.9. The van der Waals surface area contributed by atoms with E-state index in [1.807, 2.05) is 36.5 Å². The lowest BCUT2D eigenvalue weighted by Gasteiger charge is -2.18. The van der Waals surface area contributed by atoms with Crippen molar-refractivity contribution in [3.63, 3.8) is 0 Å². The molecule has 0 aromatic heterocycles. The number of carbonyl (C=O) groups is 1. The summed E-state index contributed by atoms with van der Waals surface area (Å²) >= 11 is 12.1. The highest BCUT2D eigenvalue weighted by Crippen LogP contribution is 2.22. The molecule has 2 rings (SSSR count). The smallest absolute Gasteiger partial charge is 0.282 e. The zero-order valence-corrected chi connectivity index (χ0v) is 14.3. The van der Waals surface area contributed by atoms with Crippen molar-refractivity contribution in [1.29, 1.82) is 0 Å². The van der Waals surface area contributed by atoms with Crippen molar-refractivity contribution in [3.05, 3.63) is 63.9 Å². The molecule has 3 N–H and O–H groups in total.